The van der Waals surface area contributed by atoms with Crippen LogP contribution in [-0.4, -0.2) is 24.4 Å². The van der Waals surface area contributed by atoms with Crippen LogP contribution in [0.4, 0.5) is 4.39 Å². The highest BCUT2D eigenvalue weighted by molar-refractivity contribution is 5.37. The molecule has 1 aliphatic rings. The van der Waals surface area contributed by atoms with Crippen molar-refractivity contribution in [3.63, 3.8) is 0 Å². The number of nitrogens with two attached hydrogens (primary N) is 1. The lowest BCUT2D eigenvalue weighted by molar-refractivity contribution is 0.153. The monoisotopic (exact) mass is 225 g/mol. The normalized spacial score (nSPS) is 20.3. The average molecular weight is 225 g/mol. The lowest BCUT2D eigenvalue weighted by Gasteiger charge is -2.16. The Morgan fingerprint density at radius 1 is 1.56 bits per heavy atom. The van der Waals surface area contributed by atoms with Gasteiger partial charge in [0.2, 0.25) is 0 Å². The fourth-order valence-electron chi connectivity index (χ4n) is 2.04. The van der Waals surface area contributed by atoms with Crippen LogP contribution in [0.1, 0.15) is 12.0 Å². The molecular weight excluding hydrogens is 209 g/mol. The highest BCUT2D eigenvalue weighted by Crippen LogP contribution is 2.31. The van der Waals surface area contributed by atoms with Crippen molar-refractivity contribution < 1.29 is 14.2 Å². The molecule has 0 saturated carbocycles. The standard InChI is InChI=1S/C12H16FNO2/c13-10-1-2-12-9(4-10)5-11(16-12)3-8(6-14)7-15/h1-2,4,8,11,15H,3,5-7,14H2. The molecule has 2 rings (SSSR count). The van der Waals surface area contributed by atoms with Crippen LogP contribution in [-0.2, 0) is 6.42 Å². The van der Waals surface area contributed by atoms with Crippen molar-refractivity contribution in [1.29, 1.82) is 0 Å². The number of aliphatic hydroxyl groups excluding tert-OH is 1. The van der Waals surface area contributed by atoms with E-state index in [0.717, 1.165) is 11.3 Å². The Hall–Kier alpha value is -1.13. The van der Waals surface area contributed by atoms with E-state index in [9.17, 15) is 4.39 Å². The topological polar surface area (TPSA) is 55.5 Å². The third kappa shape index (κ3) is 2.33. The molecule has 1 heterocycles. The summed E-state index contributed by atoms with van der Waals surface area (Å²) in [6, 6.07) is 4.56. The molecule has 3 nitrogen and oxygen atoms in total. The fraction of sp³-hybridized carbons (Fsp3) is 0.500. The summed E-state index contributed by atoms with van der Waals surface area (Å²) in [6.45, 7) is 0.516. The second kappa shape index (κ2) is 4.80. The third-order valence-corrected chi connectivity index (χ3v) is 2.95. The molecule has 2 atom stereocenters. The fourth-order valence-corrected chi connectivity index (χ4v) is 2.04. The SMILES string of the molecule is NCC(CO)CC1Cc2cc(F)ccc2O1. The van der Waals surface area contributed by atoms with E-state index in [1.807, 2.05) is 0 Å². The first-order chi connectivity index (χ1) is 7.72. The zero-order valence-electron chi connectivity index (χ0n) is 9.03. The van der Waals surface area contributed by atoms with Gasteiger partial charge in [0.25, 0.3) is 0 Å². The average Bonchev–Trinajstić information content (AvgIpc) is 2.67. The molecule has 0 bridgehead atoms. The molecule has 1 aliphatic heterocycles. The van der Waals surface area contributed by atoms with Crippen LogP contribution in [0.2, 0.25) is 0 Å². The zero-order valence-corrected chi connectivity index (χ0v) is 9.03. The Bertz CT molecular complexity index is 366. The van der Waals surface area contributed by atoms with E-state index in [-0.39, 0.29) is 24.4 Å². The molecule has 88 valence electrons. The van der Waals surface area contributed by atoms with Gasteiger partial charge < -0.3 is 15.6 Å². The van der Waals surface area contributed by atoms with E-state index in [1.165, 1.54) is 12.1 Å². The van der Waals surface area contributed by atoms with Crippen molar-refractivity contribution in [1.82, 2.24) is 0 Å². The van der Waals surface area contributed by atoms with Crippen LogP contribution in [0.15, 0.2) is 18.2 Å². The van der Waals surface area contributed by atoms with Crippen molar-refractivity contribution >= 4 is 0 Å². The molecule has 1 aromatic rings. The summed E-state index contributed by atoms with van der Waals surface area (Å²) in [5.74, 6) is 0.574. The molecule has 0 spiro atoms. The third-order valence-electron chi connectivity index (χ3n) is 2.95. The maximum atomic E-state index is 13.0. The van der Waals surface area contributed by atoms with E-state index >= 15 is 0 Å². The first-order valence-electron chi connectivity index (χ1n) is 5.49. The lowest BCUT2D eigenvalue weighted by Crippen LogP contribution is -2.26. The van der Waals surface area contributed by atoms with E-state index in [1.54, 1.807) is 6.07 Å². The van der Waals surface area contributed by atoms with Crippen LogP contribution in [0, 0.1) is 11.7 Å². The Labute approximate surface area is 94.0 Å². The number of fused-ring (bicyclic) bond motifs is 1. The van der Waals surface area contributed by atoms with Gasteiger partial charge in [-0.2, -0.15) is 0 Å². The van der Waals surface area contributed by atoms with Gasteiger partial charge >= 0.3 is 0 Å². The number of benzene rings is 1. The molecule has 4 heteroatoms. The summed E-state index contributed by atoms with van der Waals surface area (Å²) >= 11 is 0. The minimum Gasteiger partial charge on any atom is -0.490 e. The van der Waals surface area contributed by atoms with Crippen molar-refractivity contribution in [3.8, 4) is 5.75 Å². The second-order valence-corrected chi connectivity index (χ2v) is 4.22. The zero-order chi connectivity index (χ0) is 11.5. The number of rotatable bonds is 4. The molecular formula is C12H16FNO2. The van der Waals surface area contributed by atoms with Gasteiger partial charge in [-0.3, -0.25) is 0 Å². The van der Waals surface area contributed by atoms with E-state index in [2.05, 4.69) is 0 Å². The van der Waals surface area contributed by atoms with Crippen molar-refractivity contribution in [2.24, 2.45) is 11.7 Å². The highest BCUT2D eigenvalue weighted by Gasteiger charge is 2.25. The first-order valence-corrected chi connectivity index (χ1v) is 5.49. The second-order valence-electron chi connectivity index (χ2n) is 4.22. The summed E-state index contributed by atoms with van der Waals surface area (Å²) in [7, 11) is 0. The minimum absolute atomic E-state index is 0.0116. The smallest absolute Gasteiger partial charge is 0.123 e. The van der Waals surface area contributed by atoms with Crippen LogP contribution in [0.5, 0.6) is 5.75 Å². The molecule has 0 radical (unpaired) electrons. The van der Waals surface area contributed by atoms with Crippen molar-refractivity contribution in [3.05, 3.63) is 29.6 Å². The summed E-state index contributed by atoms with van der Waals surface area (Å²) < 4.78 is 18.6. The van der Waals surface area contributed by atoms with Crippen LogP contribution in [0.25, 0.3) is 0 Å². The maximum absolute atomic E-state index is 13.0. The van der Waals surface area contributed by atoms with Crippen molar-refractivity contribution in [2.75, 3.05) is 13.2 Å². The van der Waals surface area contributed by atoms with E-state index in [4.69, 9.17) is 15.6 Å². The first kappa shape index (κ1) is 11.4. The molecule has 16 heavy (non-hydrogen) atoms. The highest BCUT2D eigenvalue weighted by atomic mass is 19.1. The summed E-state index contributed by atoms with van der Waals surface area (Å²) in [5.41, 5.74) is 6.42. The Morgan fingerprint density at radius 3 is 3.06 bits per heavy atom. The molecule has 0 saturated heterocycles. The van der Waals surface area contributed by atoms with Gasteiger partial charge in [0.1, 0.15) is 17.7 Å². The van der Waals surface area contributed by atoms with Gasteiger partial charge in [-0.15, -0.1) is 0 Å². The van der Waals surface area contributed by atoms with E-state index in [0.29, 0.717) is 19.4 Å². The van der Waals surface area contributed by atoms with Gasteiger partial charge in [-0.05, 0) is 37.1 Å². The molecule has 1 aromatic carbocycles. The van der Waals surface area contributed by atoms with Crippen LogP contribution in [0.3, 0.4) is 0 Å². The van der Waals surface area contributed by atoms with Gasteiger partial charge in [-0.25, -0.2) is 4.39 Å². The van der Waals surface area contributed by atoms with Gasteiger partial charge in [0.05, 0.1) is 0 Å². The molecule has 0 aromatic heterocycles. The van der Waals surface area contributed by atoms with Gasteiger partial charge in [-0.1, -0.05) is 0 Å². The van der Waals surface area contributed by atoms with Gasteiger partial charge in [0, 0.05) is 18.6 Å². The number of hydrogen-bond donors (Lipinski definition) is 2. The molecule has 0 amide bonds. The molecule has 2 unspecified atom stereocenters. The minimum atomic E-state index is -0.236. The van der Waals surface area contributed by atoms with E-state index < -0.39 is 0 Å². The van der Waals surface area contributed by atoms with Crippen molar-refractivity contribution in [2.45, 2.75) is 18.9 Å². The Morgan fingerprint density at radius 2 is 2.38 bits per heavy atom. The lowest BCUT2D eigenvalue weighted by atomic mass is 9.99. The summed E-state index contributed by atoms with van der Waals surface area (Å²) in [5, 5.41) is 9.05. The number of ether oxygens (including phenoxy) is 1. The number of aliphatic hydroxyl groups is 1. The van der Waals surface area contributed by atoms with Crippen LogP contribution >= 0.6 is 0 Å². The van der Waals surface area contributed by atoms with Gasteiger partial charge in [0.15, 0.2) is 0 Å². The predicted octanol–water partition coefficient (Wildman–Crippen LogP) is 1.09. The predicted molar refractivity (Wildman–Crippen MR) is 58.8 cm³/mol. The quantitative estimate of drug-likeness (QED) is 0.806. The molecule has 3 N–H and O–H groups in total. The largest absolute Gasteiger partial charge is 0.490 e. The molecule has 0 aliphatic carbocycles. The maximum Gasteiger partial charge on any atom is 0.123 e. The summed E-state index contributed by atoms with van der Waals surface area (Å²) in [4.78, 5) is 0. The number of hydrogen-bond acceptors (Lipinski definition) is 3. The molecule has 0 fully saturated rings. The van der Waals surface area contributed by atoms with Crippen LogP contribution < -0.4 is 10.5 Å². The summed E-state index contributed by atoms with van der Waals surface area (Å²) in [6.07, 6.45) is 1.42. The number of halogens is 1. The Kier molecular flexibility index (Phi) is 3.41. The Balaban J connectivity index is 2.00.